The molecule has 1 atom stereocenters. The number of rotatable bonds is 7. The molecule has 1 rings (SSSR count). The van der Waals surface area contributed by atoms with Crippen LogP contribution in [0, 0.1) is 11.3 Å². The number of ether oxygens (including phenoxy) is 1. The van der Waals surface area contributed by atoms with Crippen LogP contribution in [0.5, 0.6) is 0 Å². The Labute approximate surface area is 106 Å². The fraction of sp³-hybridized carbons (Fsp3) is 0.583. The molecule has 0 aromatic carbocycles. The lowest BCUT2D eigenvalue weighted by atomic mass is 10.0. The molecule has 0 amide bonds. The van der Waals surface area contributed by atoms with Crippen LogP contribution in [0.25, 0.3) is 0 Å². The van der Waals surface area contributed by atoms with E-state index < -0.39 is 5.60 Å². The molecule has 0 fully saturated rings. The highest BCUT2D eigenvalue weighted by molar-refractivity contribution is 7.10. The summed E-state index contributed by atoms with van der Waals surface area (Å²) in [6.45, 7) is 3.52. The predicted molar refractivity (Wildman–Crippen MR) is 67.9 cm³/mol. The fourth-order valence-corrected chi connectivity index (χ4v) is 2.18. The van der Waals surface area contributed by atoms with Crippen molar-refractivity contribution in [2.24, 2.45) is 0 Å². The molecule has 0 spiro atoms. The van der Waals surface area contributed by atoms with E-state index in [0.717, 1.165) is 4.88 Å². The quantitative estimate of drug-likeness (QED) is 0.774. The first-order valence-electron chi connectivity index (χ1n) is 5.47. The van der Waals surface area contributed by atoms with Crippen LogP contribution in [0.2, 0.25) is 0 Å². The average molecular weight is 254 g/mol. The predicted octanol–water partition coefficient (Wildman–Crippen LogP) is 1.50. The van der Waals surface area contributed by atoms with Gasteiger partial charge in [0.2, 0.25) is 0 Å². The van der Waals surface area contributed by atoms with E-state index >= 15 is 0 Å². The van der Waals surface area contributed by atoms with Crippen molar-refractivity contribution in [3.8, 4) is 6.07 Å². The first-order chi connectivity index (χ1) is 8.07. The molecule has 0 saturated carbocycles. The van der Waals surface area contributed by atoms with Crippen LogP contribution in [0.1, 0.15) is 23.8 Å². The lowest BCUT2D eigenvalue weighted by molar-refractivity contribution is 0.0248. The van der Waals surface area contributed by atoms with Crippen molar-refractivity contribution in [3.05, 3.63) is 21.9 Å². The zero-order chi connectivity index (χ0) is 12.7. The molecule has 1 unspecified atom stereocenters. The minimum Gasteiger partial charge on any atom is -0.389 e. The molecule has 0 aliphatic rings. The van der Waals surface area contributed by atoms with E-state index in [-0.39, 0.29) is 0 Å². The van der Waals surface area contributed by atoms with Crippen LogP contribution in [0.4, 0.5) is 0 Å². The maximum atomic E-state index is 9.98. The van der Waals surface area contributed by atoms with Crippen molar-refractivity contribution in [1.29, 1.82) is 5.26 Å². The van der Waals surface area contributed by atoms with Gasteiger partial charge in [0.05, 0.1) is 11.2 Å². The van der Waals surface area contributed by atoms with Gasteiger partial charge in [-0.2, -0.15) is 5.26 Å². The van der Waals surface area contributed by atoms with Crippen LogP contribution in [0.15, 0.2) is 11.4 Å². The van der Waals surface area contributed by atoms with Gasteiger partial charge in [0.15, 0.2) is 0 Å². The molecule has 0 radical (unpaired) electrons. The average Bonchev–Trinajstić information content (AvgIpc) is 2.74. The summed E-state index contributed by atoms with van der Waals surface area (Å²) in [5.74, 6) is 0. The summed E-state index contributed by atoms with van der Waals surface area (Å²) in [7, 11) is 1.62. The van der Waals surface area contributed by atoms with Crippen LogP contribution in [0.3, 0.4) is 0 Å². The number of hydrogen-bond donors (Lipinski definition) is 2. The summed E-state index contributed by atoms with van der Waals surface area (Å²) >= 11 is 1.55. The summed E-state index contributed by atoms with van der Waals surface area (Å²) in [6.07, 6.45) is 0.602. The highest BCUT2D eigenvalue weighted by atomic mass is 32.1. The maximum absolute atomic E-state index is 9.98. The number of aliphatic hydroxyl groups is 1. The third kappa shape index (κ3) is 5.29. The smallest absolute Gasteiger partial charge is 0.100 e. The molecule has 0 aliphatic carbocycles. The lowest BCUT2D eigenvalue weighted by Gasteiger charge is -2.23. The molecule has 1 heterocycles. The van der Waals surface area contributed by atoms with E-state index in [1.807, 2.05) is 11.4 Å². The molecule has 94 valence electrons. The summed E-state index contributed by atoms with van der Waals surface area (Å²) < 4.78 is 4.94. The van der Waals surface area contributed by atoms with Crippen LogP contribution in [-0.2, 0) is 11.3 Å². The second-order valence-electron chi connectivity index (χ2n) is 4.26. The highest BCUT2D eigenvalue weighted by Gasteiger charge is 2.19. The van der Waals surface area contributed by atoms with E-state index in [0.29, 0.717) is 31.7 Å². The Kier molecular flexibility index (Phi) is 5.59. The largest absolute Gasteiger partial charge is 0.389 e. The van der Waals surface area contributed by atoms with Crippen LogP contribution in [-0.4, -0.2) is 31.0 Å². The molecule has 0 saturated heterocycles. The summed E-state index contributed by atoms with van der Waals surface area (Å²) in [6, 6.07) is 3.96. The van der Waals surface area contributed by atoms with Crippen molar-refractivity contribution in [1.82, 2.24) is 5.32 Å². The van der Waals surface area contributed by atoms with Gasteiger partial charge in [-0.15, -0.1) is 11.3 Å². The first-order valence-corrected chi connectivity index (χ1v) is 6.35. The molecule has 2 N–H and O–H groups in total. The van der Waals surface area contributed by atoms with Gasteiger partial charge in [0.1, 0.15) is 6.07 Å². The van der Waals surface area contributed by atoms with Gasteiger partial charge in [0.25, 0.3) is 0 Å². The molecule has 5 heteroatoms. The molecular weight excluding hydrogens is 236 g/mol. The Morgan fingerprint density at radius 2 is 2.41 bits per heavy atom. The van der Waals surface area contributed by atoms with E-state index in [1.54, 1.807) is 25.4 Å². The van der Waals surface area contributed by atoms with Crippen molar-refractivity contribution in [3.63, 3.8) is 0 Å². The van der Waals surface area contributed by atoms with E-state index in [2.05, 4.69) is 11.4 Å². The number of nitriles is 1. The van der Waals surface area contributed by atoms with E-state index in [4.69, 9.17) is 10.00 Å². The Balaban J connectivity index is 2.29. The second-order valence-corrected chi connectivity index (χ2v) is 5.25. The highest BCUT2D eigenvalue weighted by Crippen LogP contribution is 2.14. The SMILES string of the molecule is COCCC(C)(O)CNCc1cc(C#N)cs1. The van der Waals surface area contributed by atoms with Gasteiger partial charge in [-0.25, -0.2) is 0 Å². The van der Waals surface area contributed by atoms with Crippen LogP contribution >= 0.6 is 11.3 Å². The van der Waals surface area contributed by atoms with Crippen molar-refractivity contribution in [2.75, 3.05) is 20.3 Å². The van der Waals surface area contributed by atoms with Gasteiger partial charge in [0, 0.05) is 43.5 Å². The first kappa shape index (κ1) is 14.1. The monoisotopic (exact) mass is 254 g/mol. The Bertz CT molecular complexity index is 382. The molecule has 0 aliphatic heterocycles. The molecule has 1 aromatic heterocycles. The zero-order valence-electron chi connectivity index (χ0n) is 10.2. The van der Waals surface area contributed by atoms with Crippen molar-refractivity contribution in [2.45, 2.75) is 25.5 Å². The van der Waals surface area contributed by atoms with Gasteiger partial charge >= 0.3 is 0 Å². The van der Waals surface area contributed by atoms with Crippen molar-refractivity contribution >= 4 is 11.3 Å². The van der Waals surface area contributed by atoms with Gasteiger partial charge < -0.3 is 15.2 Å². The number of methoxy groups -OCH3 is 1. The topological polar surface area (TPSA) is 65.3 Å². The Hall–Kier alpha value is -0.930. The maximum Gasteiger partial charge on any atom is 0.100 e. The minimum absolute atomic E-state index is 0.510. The van der Waals surface area contributed by atoms with E-state index in [9.17, 15) is 5.11 Å². The van der Waals surface area contributed by atoms with Gasteiger partial charge in [-0.1, -0.05) is 0 Å². The molecule has 17 heavy (non-hydrogen) atoms. The Morgan fingerprint density at radius 1 is 1.65 bits per heavy atom. The molecule has 1 aromatic rings. The molecular formula is C12H18N2O2S. The standard InChI is InChI=1S/C12H18N2O2S/c1-12(15,3-4-16-2)9-14-7-11-5-10(6-13)8-17-11/h5,8,14-15H,3-4,7,9H2,1-2H3. The third-order valence-electron chi connectivity index (χ3n) is 2.43. The van der Waals surface area contributed by atoms with Gasteiger partial charge in [-0.3, -0.25) is 0 Å². The second kappa shape index (κ2) is 6.72. The summed E-state index contributed by atoms with van der Waals surface area (Å²) in [5, 5.41) is 23.7. The van der Waals surface area contributed by atoms with Gasteiger partial charge in [-0.05, 0) is 13.0 Å². The summed E-state index contributed by atoms with van der Waals surface area (Å²) in [4.78, 5) is 1.10. The number of thiophene rings is 1. The molecule has 0 bridgehead atoms. The number of nitrogens with zero attached hydrogens (tertiary/aromatic N) is 1. The molecule has 4 nitrogen and oxygen atoms in total. The zero-order valence-corrected chi connectivity index (χ0v) is 11.0. The third-order valence-corrected chi connectivity index (χ3v) is 3.37. The Morgan fingerprint density at radius 3 is 3.00 bits per heavy atom. The number of nitrogens with one attached hydrogen (secondary N) is 1. The normalized spacial score (nSPS) is 14.2. The van der Waals surface area contributed by atoms with E-state index in [1.165, 1.54) is 0 Å². The fourth-order valence-electron chi connectivity index (χ4n) is 1.40. The van der Waals surface area contributed by atoms with Crippen LogP contribution < -0.4 is 5.32 Å². The lowest BCUT2D eigenvalue weighted by Crippen LogP contribution is -2.38. The number of hydrogen-bond acceptors (Lipinski definition) is 5. The minimum atomic E-state index is -0.759. The summed E-state index contributed by atoms with van der Waals surface area (Å²) in [5.41, 5.74) is -0.0661. The van der Waals surface area contributed by atoms with Crippen molar-refractivity contribution < 1.29 is 9.84 Å².